The van der Waals surface area contributed by atoms with Crippen molar-refractivity contribution in [2.45, 2.75) is 39.7 Å². The van der Waals surface area contributed by atoms with Crippen molar-refractivity contribution in [2.24, 2.45) is 0 Å². The van der Waals surface area contributed by atoms with Crippen molar-refractivity contribution >= 4 is 23.2 Å². The fraction of sp³-hybridized carbons (Fsp3) is 0.389. The molecule has 0 aliphatic carbocycles. The lowest BCUT2D eigenvalue weighted by Crippen LogP contribution is -2.36. The molecule has 0 saturated carbocycles. The Hall–Kier alpha value is -2.28. The average molecular weight is 364 g/mol. The molecule has 0 saturated heterocycles. The maximum absolute atomic E-state index is 13.0. The third-order valence-corrected chi connectivity index (χ3v) is 4.94. The van der Waals surface area contributed by atoms with Gasteiger partial charge in [0.25, 0.3) is 5.91 Å². The first kappa shape index (κ1) is 19.1. The molecule has 25 heavy (non-hydrogen) atoms. The van der Waals surface area contributed by atoms with Crippen molar-refractivity contribution in [3.8, 4) is 10.6 Å². The minimum atomic E-state index is -0.581. The van der Waals surface area contributed by atoms with Crippen molar-refractivity contribution in [1.29, 1.82) is 0 Å². The monoisotopic (exact) mass is 364 g/mol. The SMILES string of the molecule is CCC(CC)NC(=O)COC(=O)c1sc(-c2ccc(F)cc2)nc1C. The van der Waals surface area contributed by atoms with Crippen LogP contribution in [0, 0.1) is 12.7 Å². The smallest absolute Gasteiger partial charge is 0.350 e. The van der Waals surface area contributed by atoms with E-state index in [-0.39, 0.29) is 24.4 Å². The van der Waals surface area contributed by atoms with Crippen molar-refractivity contribution < 1.29 is 18.7 Å². The van der Waals surface area contributed by atoms with Crippen LogP contribution in [0.15, 0.2) is 24.3 Å². The van der Waals surface area contributed by atoms with Gasteiger partial charge in [0.2, 0.25) is 0 Å². The summed E-state index contributed by atoms with van der Waals surface area (Å²) in [5, 5.41) is 3.41. The average Bonchev–Trinajstić information content (AvgIpc) is 3.00. The summed E-state index contributed by atoms with van der Waals surface area (Å²) in [4.78, 5) is 28.7. The summed E-state index contributed by atoms with van der Waals surface area (Å²) in [6, 6.07) is 5.97. The molecule has 5 nitrogen and oxygen atoms in total. The lowest BCUT2D eigenvalue weighted by Gasteiger charge is -2.14. The Morgan fingerprint density at radius 2 is 1.88 bits per heavy atom. The number of aromatic nitrogens is 1. The Morgan fingerprint density at radius 1 is 1.24 bits per heavy atom. The fourth-order valence-electron chi connectivity index (χ4n) is 2.26. The van der Waals surface area contributed by atoms with Crippen LogP contribution in [0.25, 0.3) is 10.6 Å². The van der Waals surface area contributed by atoms with E-state index < -0.39 is 5.97 Å². The summed E-state index contributed by atoms with van der Waals surface area (Å²) in [5.74, 6) is -1.23. The second-order valence-corrected chi connectivity index (χ2v) is 6.60. The summed E-state index contributed by atoms with van der Waals surface area (Å²) in [6.07, 6.45) is 1.65. The number of benzene rings is 1. The molecular weight excluding hydrogens is 343 g/mol. The maximum Gasteiger partial charge on any atom is 0.350 e. The van der Waals surface area contributed by atoms with Gasteiger partial charge in [0.15, 0.2) is 6.61 Å². The number of rotatable bonds is 7. The highest BCUT2D eigenvalue weighted by Crippen LogP contribution is 2.28. The van der Waals surface area contributed by atoms with Gasteiger partial charge >= 0.3 is 5.97 Å². The lowest BCUT2D eigenvalue weighted by atomic mass is 10.2. The van der Waals surface area contributed by atoms with Crippen LogP contribution >= 0.6 is 11.3 Å². The van der Waals surface area contributed by atoms with Gasteiger partial charge in [-0.1, -0.05) is 13.8 Å². The predicted molar refractivity (Wildman–Crippen MR) is 95.0 cm³/mol. The van der Waals surface area contributed by atoms with Crippen LogP contribution < -0.4 is 5.32 Å². The molecule has 0 atom stereocenters. The molecule has 134 valence electrons. The van der Waals surface area contributed by atoms with E-state index in [1.165, 1.54) is 12.1 Å². The number of thiazole rings is 1. The van der Waals surface area contributed by atoms with E-state index in [9.17, 15) is 14.0 Å². The van der Waals surface area contributed by atoms with Gasteiger partial charge < -0.3 is 10.1 Å². The van der Waals surface area contributed by atoms with E-state index in [0.717, 1.165) is 29.7 Å². The van der Waals surface area contributed by atoms with Crippen LogP contribution in [0.5, 0.6) is 0 Å². The van der Waals surface area contributed by atoms with Crippen molar-refractivity contribution in [3.63, 3.8) is 0 Å². The van der Waals surface area contributed by atoms with E-state index in [1.807, 2.05) is 13.8 Å². The Balaban J connectivity index is 2.00. The van der Waals surface area contributed by atoms with Gasteiger partial charge in [0, 0.05) is 11.6 Å². The first-order chi connectivity index (χ1) is 11.9. The fourth-order valence-corrected chi connectivity index (χ4v) is 3.23. The summed E-state index contributed by atoms with van der Waals surface area (Å²) >= 11 is 1.16. The molecule has 0 bridgehead atoms. The topological polar surface area (TPSA) is 68.3 Å². The summed E-state index contributed by atoms with van der Waals surface area (Å²) in [7, 11) is 0. The predicted octanol–water partition coefficient (Wildman–Crippen LogP) is 3.72. The van der Waals surface area contributed by atoms with Crippen LogP contribution in [0.2, 0.25) is 0 Å². The van der Waals surface area contributed by atoms with Gasteiger partial charge in [-0.05, 0) is 44.0 Å². The van der Waals surface area contributed by atoms with Gasteiger partial charge in [-0.15, -0.1) is 11.3 Å². The largest absolute Gasteiger partial charge is 0.451 e. The standard InChI is InChI=1S/C18H21FN2O3S/c1-4-14(5-2)21-15(22)10-24-18(23)16-11(3)20-17(25-16)12-6-8-13(19)9-7-12/h6-9,14H,4-5,10H2,1-3H3,(H,21,22). The van der Waals surface area contributed by atoms with Crippen molar-refractivity contribution in [2.75, 3.05) is 6.61 Å². The number of halogens is 1. The minimum absolute atomic E-state index is 0.0846. The molecule has 0 aliphatic heterocycles. The van der Waals surface area contributed by atoms with E-state index in [0.29, 0.717) is 15.6 Å². The van der Waals surface area contributed by atoms with E-state index >= 15 is 0 Å². The highest BCUT2D eigenvalue weighted by atomic mass is 32.1. The molecule has 7 heteroatoms. The van der Waals surface area contributed by atoms with E-state index in [1.54, 1.807) is 19.1 Å². The number of carbonyl (C=O) groups excluding carboxylic acids is 2. The number of aryl methyl sites for hydroxylation is 1. The van der Waals surface area contributed by atoms with Crippen LogP contribution in [-0.4, -0.2) is 29.5 Å². The first-order valence-corrected chi connectivity index (χ1v) is 8.96. The van der Waals surface area contributed by atoms with E-state index in [2.05, 4.69) is 10.3 Å². The molecule has 0 radical (unpaired) electrons. The van der Waals surface area contributed by atoms with Crippen molar-refractivity contribution in [1.82, 2.24) is 10.3 Å². The zero-order chi connectivity index (χ0) is 18.4. The van der Waals surface area contributed by atoms with E-state index in [4.69, 9.17) is 4.74 Å². The molecule has 1 heterocycles. The van der Waals surface area contributed by atoms with Gasteiger partial charge in [0.05, 0.1) is 5.69 Å². The van der Waals surface area contributed by atoms with Gasteiger partial charge in [-0.2, -0.15) is 0 Å². The number of hydrogen-bond donors (Lipinski definition) is 1. The Kier molecular flexibility index (Phi) is 6.64. The lowest BCUT2D eigenvalue weighted by molar-refractivity contribution is -0.125. The summed E-state index contributed by atoms with van der Waals surface area (Å²) in [6.45, 7) is 5.35. The number of esters is 1. The number of nitrogens with zero attached hydrogens (tertiary/aromatic N) is 1. The Labute approximate surface area is 150 Å². The maximum atomic E-state index is 13.0. The highest BCUT2D eigenvalue weighted by molar-refractivity contribution is 7.17. The first-order valence-electron chi connectivity index (χ1n) is 8.14. The molecule has 1 aromatic heterocycles. The molecule has 0 aliphatic rings. The number of nitrogens with one attached hydrogen (secondary N) is 1. The zero-order valence-electron chi connectivity index (χ0n) is 14.5. The van der Waals surface area contributed by atoms with Gasteiger partial charge in [0.1, 0.15) is 15.7 Å². The van der Waals surface area contributed by atoms with Crippen molar-refractivity contribution in [3.05, 3.63) is 40.7 Å². The van der Waals surface area contributed by atoms with Gasteiger partial charge in [-0.3, -0.25) is 4.79 Å². The third-order valence-electron chi connectivity index (χ3n) is 3.76. The molecule has 2 aromatic rings. The summed E-state index contributed by atoms with van der Waals surface area (Å²) in [5.41, 5.74) is 1.25. The third kappa shape index (κ3) is 5.09. The number of hydrogen-bond acceptors (Lipinski definition) is 5. The van der Waals surface area contributed by atoms with Crippen LogP contribution in [0.1, 0.15) is 42.1 Å². The molecule has 1 aromatic carbocycles. The molecule has 0 fully saturated rings. The molecule has 0 spiro atoms. The highest BCUT2D eigenvalue weighted by Gasteiger charge is 2.19. The number of amides is 1. The summed E-state index contributed by atoms with van der Waals surface area (Å²) < 4.78 is 18.1. The molecule has 1 amide bonds. The quantitative estimate of drug-likeness (QED) is 0.760. The molecular formula is C18H21FN2O3S. The van der Waals surface area contributed by atoms with Crippen LogP contribution in [0.4, 0.5) is 4.39 Å². The second-order valence-electron chi connectivity index (χ2n) is 5.60. The normalized spacial score (nSPS) is 10.8. The Morgan fingerprint density at radius 3 is 2.48 bits per heavy atom. The van der Waals surface area contributed by atoms with Gasteiger partial charge in [-0.25, -0.2) is 14.2 Å². The molecule has 1 N–H and O–H groups in total. The van der Waals surface area contributed by atoms with Crippen LogP contribution in [0.3, 0.4) is 0 Å². The minimum Gasteiger partial charge on any atom is -0.451 e. The number of ether oxygens (including phenoxy) is 1. The van der Waals surface area contributed by atoms with Crippen LogP contribution in [-0.2, 0) is 9.53 Å². The molecule has 0 unspecified atom stereocenters. The molecule has 2 rings (SSSR count). The Bertz CT molecular complexity index is 739. The second kappa shape index (κ2) is 8.71. The zero-order valence-corrected chi connectivity index (χ0v) is 15.3. The number of carbonyl (C=O) groups is 2.